The number of aliphatic hydroxyl groups is 1. The standard InChI is InChI=1S/C23H30N2O/c1-3-5-8-18-14-20(19-9-6-7-10-21(19)24-18)23(26)22-13-17-11-12-25(22)15-16(17)4-2/h4,6-7,9-10,14,16-17,22-23,26H,2-3,5,8,11-13,15H2,1H3/t16-,17-,22+,23-/m0/s1. The Morgan fingerprint density at radius 2 is 2.23 bits per heavy atom. The Kier molecular flexibility index (Phi) is 5.10. The first-order valence-electron chi connectivity index (χ1n) is 10.1. The van der Waals surface area contributed by atoms with E-state index in [2.05, 4.69) is 42.7 Å². The normalized spacial score (nSPS) is 29.0. The van der Waals surface area contributed by atoms with E-state index in [1.54, 1.807) is 0 Å². The van der Waals surface area contributed by atoms with E-state index in [1.165, 1.54) is 6.42 Å². The Morgan fingerprint density at radius 3 is 2.96 bits per heavy atom. The molecule has 3 nitrogen and oxygen atoms in total. The summed E-state index contributed by atoms with van der Waals surface area (Å²) in [6.07, 6.45) is 7.25. The Bertz CT molecular complexity index is 787. The average Bonchev–Trinajstić information content (AvgIpc) is 2.71. The number of rotatable bonds is 6. The van der Waals surface area contributed by atoms with E-state index in [1.807, 2.05) is 12.1 Å². The van der Waals surface area contributed by atoms with E-state index in [-0.39, 0.29) is 6.04 Å². The predicted octanol–water partition coefficient (Wildman–Crippen LogP) is 4.51. The van der Waals surface area contributed by atoms with Crippen LogP contribution in [0.1, 0.15) is 50.0 Å². The summed E-state index contributed by atoms with van der Waals surface area (Å²) in [6, 6.07) is 10.6. The van der Waals surface area contributed by atoms with Gasteiger partial charge in [0.2, 0.25) is 0 Å². The Labute approximate surface area is 156 Å². The summed E-state index contributed by atoms with van der Waals surface area (Å²) in [5.74, 6) is 1.26. The zero-order valence-corrected chi connectivity index (χ0v) is 15.8. The Morgan fingerprint density at radius 1 is 1.38 bits per heavy atom. The molecule has 3 aliphatic rings. The molecule has 3 fully saturated rings. The summed E-state index contributed by atoms with van der Waals surface area (Å²) in [4.78, 5) is 7.32. The fraction of sp³-hybridized carbons (Fsp3) is 0.522. The van der Waals surface area contributed by atoms with Gasteiger partial charge in [-0.2, -0.15) is 0 Å². The van der Waals surface area contributed by atoms with Crippen LogP contribution in [0, 0.1) is 11.8 Å². The molecule has 1 N–H and O–H groups in total. The lowest BCUT2D eigenvalue weighted by Gasteiger charge is -2.50. The number of piperidine rings is 3. The van der Waals surface area contributed by atoms with Crippen molar-refractivity contribution in [2.75, 3.05) is 13.1 Å². The maximum atomic E-state index is 11.4. The maximum absolute atomic E-state index is 11.4. The van der Waals surface area contributed by atoms with E-state index in [0.29, 0.717) is 11.8 Å². The SMILES string of the molecule is C=C[C@H]1CN2CC[C@H]1C[C@@H]2[C@@H](O)c1cc(CCCC)nc2ccccc12. The van der Waals surface area contributed by atoms with Gasteiger partial charge in [0.05, 0.1) is 11.6 Å². The molecule has 0 aliphatic carbocycles. The van der Waals surface area contributed by atoms with Crippen LogP contribution in [0.4, 0.5) is 0 Å². The fourth-order valence-corrected chi connectivity index (χ4v) is 4.90. The molecule has 5 atom stereocenters. The minimum Gasteiger partial charge on any atom is -0.387 e. The van der Waals surface area contributed by atoms with Crippen LogP contribution in [-0.2, 0) is 6.42 Å². The van der Waals surface area contributed by atoms with E-state index in [0.717, 1.165) is 60.9 Å². The van der Waals surface area contributed by atoms with Crippen LogP contribution in [0.25, 0.3) is 10.9 Å². The molecule has 5 rings (SSSR count). The van der Waals surface area contributed by atoms with Crippen molar-refractivity contribution in [3.05, 3.63) is 54.2 Å². The predicted molar refractivity (Wildman–Crippen MR) is 107 cm³/mol. The van der Waals surface area contributed by atoms with Crippen molar-refractivity contribution in [1.82, 2.24) is 9.88 Å². The molecule has 138 valence electrons. The number of fused-ring (bicyclic) bond motifs is 4. The number of hydrogen-bond donors (Lipinski definition) is 1. The zero-order chi connectivity index (χ0) is 18.1. The van der Waals surface area contributed by atoms with Crippen molar-refractivity contribution < 1.29 is 5.11 Å². The molecule has 4 heterocycles. The fourth-order valence-electron chi connectivity index (χ4n) is 4.90. The highest BCUT2D eigenvalue weighted by atomic mass is 16.3. The lowest BCUT2D eigenvalue weighted by molar-refractivity contribution is -0.0445. The Hall–Kier alpha value is -1.71. The molecule has 1 aromatic heterocycles. The molecule has 3 saturated heterocycles. The summed E-state index contributed by atoms with van der Waals surface area (Å²) < 4.78 is 0. The van der Waals surface area contributed by atoms with Gasteiger partial charge < -0.3 is 5.11 Å². The van der Waals surface area contributed by atoms with Crippen LogP contribution in [0.5, 0.6) is 0 Å². The highest BCUT2D eigenvalue weighted by molar-refractivity contribution is 5.82. The summed E-state index contributed by atoms with van der Waals surface area (Å²) in [6.45, 7) is 8.36. The van der Waals surface area contributed by atoms with E-state index in [4.69, 9.17) is 4.98 Å². The topological polar surface area (TPSA) is 36.4 Å². The summed E-state index contributed by atoms with van der Waals surface area (Å²) in [7, 11) is 0. The largest absolute Gasteiger partial charge is 0.387 e. The molecule has 0 amide bonds. The first kappa shape index (κ1) is 17.7. The second-order valence-corrected chi connectivity index (χ2v) is 8.01. The molecule has 0 radical (unpaired) electrons. The molecular formula is C23H30N2O. The van der Waals surface area contributed by atoms with Crippen molar-refractivity contribution in [2.24, 2.45) is 11.8 Å². The number of benzene rings is 1. The molecule has 2 bridgehead atoms. The molecule has 1 unspecified atom stereocenters. The number of pyridine rings is 1. The van der Waals surface area contributed by atoms with Gasteiger partial charge in [-0.15, -0.1) is 6.58 Å². The summed E-state index contributed by atoms with van der Waals surface area (Å²) in [5, 5.41) is 12.5. The first-order valence-corrected chi connectivity index (χ1v) is 10.1. The van der Waals surface area contributed by atoms with Gasteiger partial charge in [-0.1, -0.05) is 37.6 Å². The molecule has 3 heteroatoms. The maximum Gasteiger partial charge on any atom is 0.0952 e. The number of aryl methyl sites for hydroxylation is 1. The molecule has 3 aliphatic heterocycles. The van der Waals surface area contributed by atoms with Crippen molar-refractivity contribution in [3.63, 3.8) is 0 Å². The van der Waals surface area contributed by atoms with Crippen LogP contribution in [0.3, 0.4) is 0 Å². The molecule has 0 saturated carbocycles. The first-order chi connectivity index (χ1) is 12.7. The lowest BCUT2D eigenvalue weighted by atomic mass is 9.73. The molecule has 1 aromatic carbocycles. The van der Waals surface area contributed by atoms with E-state index >= 15 is 0 Å². The van der Waals surface area contributed by atoms with Gasteiger partial charge in [0.15, 0.2) is 0 Å². The van der Waals surface area contributed by atoms with Crippen LogP contribution >= 0.6 is 0 Å². The highest BCUT2D eigenvalue weighted by Crippen LogP contribution is 2.42. The lowest BCUT2D eigenvalue weighted by Crippen LogP contribution is -2.54. The van der Waals surface area contributed by atoms with Crippen LogP contribution < -0.4 is 0 Å². The van der Waals surface area contributed by atoms with E-state index in [9.17, 15) is 5.11 Å². The van der Waals surface area contributed by atoms with Gasteiger partial charge in [-0.05, 0) is 61.8 Å². The minimum atomic E-state index is -0.447. The number of aliphatic hydroxyl groups excluding tert-OH is 1. The number of hydrogen-bond acceptors (Lipinski definition) is 3. The number of para-hydroxylation sites is 1. The number of unbranched alkanes of at least 4 members (excludes halogenated alkanes) is 1. The third kappa shape index (κ3) is 3.19. The minimum absolute atomic E-state index is 0.217. The van der Waals surface area contributed by atoms with Crippen molar-refractivity contribution in [3.8, 4) is 0 Å². The smallest absolute Gasteiger partial charge is 0.0952 e. The third-order valence-corrected chi connectivity index (χ3v) is 6.42. The monoisotopic (exact) mass is 350 g/mol. The molecule has 26 heavy (non-hydrogen) atoms. The van der Waals surface area contributed by atoms with Gasteiger partial charge in [0, 0.05) is 23.7 Å². The average molecular weight is 351 g/mol. The zero-order valence-electron chi connectivity index (χ0n) is 15.8. The second-order valence-electron chi connectivity index (χ2n) is 8.01. The Balaban J connectivity index is 1.68. The van der Waals surface area contributed by atoms with Crippen LogP contribution in [0.15, 0.2) is 43.0 Å². The van der Waals surface area contributed by atoms with Gasteiger partial charge >= 0.3 is 0 Å². The second kappa shape index (κ2) is 7.50. The van der Waals surface area contributed by atoms with Crippen LogP contribution in [-0.4, -0.2) is 34.1 Å². The number of nitrogens with zero attached hydrogens (tertiary/aromatic N) is 2. The summed E-state index contributed by atoms with van der Waals surface area (Å²) >= 11 is 0. The van der Waals surface area contributed by atoms with Crippen LogP contribution in [0.2, 0.25) is 0 Å². The number of aromatic nitrogens is 1. The molecule has 2 aromatic rings. The van der Waals surface area contributed by atoms with Gasteiger partial charge in [-0.25, -0.2) is 0 Å². The highest BCUT2D eigenvalue weighted by Gasteiger charge is 2.42. The third-order valence-electron chi connectivity index (χ3n) is 6.42. The van der Waals surface area contributed by atoms with E-state index < -0.39 is 6.10 Å². The van der Waals surface area contributed by atoms with Gasteiger partial charge in [0.1, 0.15) is 0 Å². The van der Waals surface area contributed by atoms with Gasteiger partial charge in [0.25, 0.3) is 0 Å². The molecular weight excluding hydrogens is 320 g/mol. The quantitative estimate of drug-likeness (QED) is 0.779. The van der Waals surface area contributed by atoms with Crippen molar-refractivity contribution in [1.29, 1.82) is 0 Å². The van der Waals surface area contributed by atoms with Crippen molar-refractivity contribution in [2.45, 2.75) is 51.2 Å². The summed E-state index contributed by atoms with van der Waals surface area (Å²) in [5.41, 5.74) is 3.18. The van der Waals surface area contributed by atoms with Crippen molar-refractivity contribution >= 4 is 10.9 Å². The van der Waals surface area contributed by atoms with Gasteiger partial charge in [-0.3, -0.25) is 9.88 Å². The molecule has 0 spiro atoms.